The second-order valence-corrected chi connectivity index (χ2v) is 8.12. The van der Waals surface area contributed by atoms with E-state index in [1.807, 2.05) is 19.1 Å². The zero-order valence-corrected chi connectivity index (χ0v) is 19.5. The predicted octanol–water partition coefficient (Wildman–Crippen LogP) is 3.36. The van der Waals surface area contributed by atoms with Gasteiger partial charge in [-0.15, -0.1) is 5.10 Å². The van der Waals surface area contributed by atoms with Crippen molar-refractivity contribution in [2.45, 2.75) is 13.1 Å². The van der Waals surface area contributed by atoms with E-state index < -0.39 is 23.3 Å². The first kappa shape index (κ1) is 25.3. The van der Waals surface area contributed by atoms with Gasteiger partial charge in [0.15, 0.2) is 5.69 Å². The van der Waals surface area contributed by atoms with Crippen molar-refractivity contribution in [1.82, 2.24) is 15.2 Å². The van der Waals surface area contributed by atoms with Crippen molar-refractivity contribution in [3.8, 4) is 11.1 Å². The standard InChI is InChI=1S/C24H25F3N6O3/c1-15-2-3-17(30-23(35)18-4-5-29-32-22(18)24(25,26)27)14-19(15)16-12-20(28-6-9-34)31-21(13-16)33-7-10-36-11-8-33/h2-5,12-14,34H,6-11H2,1H3,(H,28,31)(H,30,35). The van der Waals surface area contributed by atoms with E-state index in [9.17, 15) is 23.1 Å². The quantitative estimate of drug-likeness (QED) is 0.451. The average molecular weight is 502 g/mol. The minimum Gasteiger partial charge on any atom is -0.395 e. The number of morpholine rings is 1. The summed E-state index contributed by atoms with van der Waals surface area (Å²) in [6.07, 6.45) is -3.78. The maximum Gasteiger partial charge on any atom is 0.435 e. The Labute approximate surface area is 205 Å². The van der Waals surface area contributed by atoms with Crippen molar-refractivity contribution >= 4 is 23.2 Å². The van der Waals surface area contributed by atoms with Gasteiger partial charge in [0.2, 0.25) is 0 Å². The number of anilines is 3. The molecule has 36 heavy (non-hydrogen) atoms. The normalized spacial score (nSPS) is 14.0. The number of amides is 1. The van der Waals surface area contributed by atoms with Crippen LogP contribution in [0.25, 0.3) is 11.1 Å². The minimum atomic E-state index is -4.82. The van der Waals surface area contributed by atoms with Gasteiger partial charge in [0, 0.05) is 25.3 Å². The number of hydrogen-bond acceptors (Lipinski definition) is 8. The lowest BCUT2D eigenvalue weighted by atomic mass is 10.00. The number of aromatic nitrogens is 3. The Morgan fingerprint density at radius 2 is 1.94 bits per heavy atom. The molecule has 3 aromatic rings. The topological polar surface area (TPSA) is 112 Å². The Bertz CT molecular complexity index is 1230. The van der Waals surface area contributed by atoms with Crippen LogP contribution in [0.1, 0.15) is 21.6 Å². The number of halogens is 3. The van der Waals surface area contributed by atoms with E-state index in [1.54, 1.807) is 18.2 Å². The lowest BCUT2D eigenvalue weighted by molar-refractivity contribution is -0.142. The molecule has 2 aromatic heterocycles. The highest BCUT2D eigenvalue weighted by Gasteiger charge is 2.37. The second kappa shape index (κ2) is 10.9. The molecule has 1 saturated heterocycles. The van der Waals surface area contributed by atoms with Crippen LogP contribution >= 0.6 is 0 Å². The van der Waals surface area contributed by atoms with Gasteiger partial charge < -0.3 is 25.4 Å². The number of ether oxygens (including phenoxy) is 1. The van der Waals surface area contributed by atoms with E-state index in [4.69, 9.17) is 4.74 Å². The zero-order valence-electron chi connectivity index (χ0n) is 19.5. The Hall–Kier alpha value is -3.77. The SMILES string of the molecule is Cc1ccc(NC(=O)c2ccnnc2C(F)(F)F)cc1-c1cc(NCCO)nc(N2CCOCC2)c1. The first-order valence-corrected chi connectivity index (χ1v) is 11.3. The molecule has 4 rings (SSSR count). The number of aliphatic hydroxyl groups is 1. The van der Waals surface area contributed by atoms with Gasteiger partial charge in [-0.1, -0.05) is 6.07 Å². The molecule has 0 spiro atoms. The number of aryl methyl sites for hydroxylation is 1. The summed E-state index contributed by atoms with van der Waals surface area (Å²) in [5.74, 6) is 0.346. The van der Waals surface area contributed by atoms with E-state index in [1.165, 1.54) is 0 Å². The van der Waals surface area contributed by atoms with E-state index >= 15 is 0 Å². The smallest absolute Gasteiger partial charge is 0.395 e. The van der Waals surface area contributed by atoms with Crippen molar-refractivity contribution in [2.24, 2.45) is 0 Å². The van der Waals surface area contributed by atoms with Gasteiger partial charge in [-0.05, 0) is 53.9 Å². The first-order valence-electron chi connectivity index (χ1n) is 11.3. The highest BCUT2D eigenvalue weighted by Crippen LogP contribution is 2.33. The summed E-state index contributed by atoms with van der Waals surface area (Å²) >= 11 is 0. The molecular formula is C24H25F3N6O3. The maximum atomic E-state index is 13.3. The fraction of sp³-hybridized carbons (Fsp3) is 0.333. The number of hydrogen-bond donors (Lipinski definition) is 3. The Balaban J connectivity index is 1.67. The number of nitrogens with zero attached hydrogens (tertiary/aromatic N) is 4. The number of aliphatic hydroxyl groups excluding tert-OH is 1. The summed E-state index contributed by atoms with van der Waals surface area (Å²) < 4.78 is 45.3. The maximum absolute atomic E-state index is 13.3. The van der Waals surface area contributed by atoms with Crippen LogP contribution < -0.4 is 15.5 Å². The molecule has 1 aliphatic heterocycles. The van der Waals surface area contributed by atoms with Crippen LogP contribution in [0.2, 0.25) is 0 Å². The average Bonchev–Trinajstić information content (AvgIpc) is 2.88. The van der Waals surface area contributed by atoms with Gasteiger partial charge in [-0.2, -0.15) is 18.3 Å². The van der Waals surface area contributed by atoms with Crippen molar-refractivity contribution < 1.29 is 27.8 Å². The Morgan fingerprint density at radius 1 is 1.17 bits per heavy atom. The lowest BCUT2D eigenvalue weighted by Crippen LogP contribution is -2.36. The van der Waals surface area contributed by atoms with Crippen molar-refractivity contribution in [1.29, 1.82) is 0 Å². The largest absolute Gasteiger partial charge is 0.435 e. The molecule has 0 unspecified atom stereocenters. The van der Waals surface area contributed by atoms with E-state index in [0.717, 1.165) is 34.8 Å². The number of carbonyl (C=O) groups is 1. The molecule has 0 aliphatic carbocycles. The van der Waals surface area contributed by atoms with Crippen LogP contribution in [0, 0.1) is 6.92 Å². The monoisotopic (exact) mass is 502 g/mol. The third-order valence-corrected chi connectivity index (χ3v) is 5.61. The van der Waals surface area contributed by atoms with E-state index in [2.05, 4.69) is 30.7 Å². The van der Waals surface area contributed by atoms with E-state index in [-0.39, 0.29) is 6.61 Å². The zero-order chi connectivity index (χ0) is 25.7. The molecule has 0 saturated carbocycles. The molecule has 3 heterocycles. The van der Waals surface area contributed by atoms with Crippen LogP contribution in [0.15, 0.2) is 42.6 Å². The van der Waals surface area contributed by atoms with E-state index in [0.29, 0.717) is 44.4 Å². The summed E-state index contributed by atoms with van der Waals surface area (Å²) in [6, 6.07) is 9.81. The van der Waals surface area contributed by atoms with Gasteiger partial charge in [-0.3, -0.25) is 4.79 Å². The highest BCUT2D eigenvalue weighted by atomic mass is 19.4. The molecule has 1 aromatic carbocycles. The number of alkyl halides is 3. The number of rotatable bonds is 7. The molecule has 9 nitrogen and oxygen atoms in total. The molecular weight excluding hydrogens is 477 g/mol. The Morgan fingerprint density at radius 3 is 2.67 bits per heavy atom. The minimum absolute atomic E-state index is 0.0664. The number of carbonyl (C=O) groups excluding carboxylic acids is 1. The molecule has 0 bridgehead atoms. The van der Waals surface area contributed by atoms with Crippen LogP contribution in [-0.4, -0.2) is 65.6 Å². The summed E-state index contributed by atoms with van der Waals surface area (Å²) in [5, 5.41) is 21.2. The predicted molar refractivity (Wildman–Crippen MR) is 128 cm³/mol. The summed E-state index contributed by atoms with van der Waals surface area (Å²) in [7, 11) is 0. The lowest BCUT2D eigenvalue weighted by Gasteiger charge is -2.28. The molecule has 1 fully saturated rings. The van der Waals surface area contributed by atoms with Crippen LogP contribution in [0.3, 0.4) is 0 Å². The second-order valence-electron chi connectivity index (χ2n) is 8.12. The molecule has 12 heteroatoms. The summed E-state index contributed by atoms with van der Waals surface area (Å²) in [5.41, 5.74) is 0.803. The van der Waals surface area contributed by atoms with Gasteiger partial charge >= 0.3 is 6.18 Å². The number of benzene rings is 1. The molecule has 0 atom stereocenters. The van der Waals surface area contributed by atoms with Crippen molar-refractivity contribution in [2.75, 3.05) is 55.0 Å². The Kier molecular flexibility index (Phi) is 7.65. The molecule has 3 N–H and O–H groups in total. The highest BCUT2D eigenvalue weighted by molar-refractivity contribution is 6.05. The van der Waals surface area contributed by atoms with Crippen molar-refractivity contribution in [3.63, 3.8) is 0 Å². The number of nitrogens with one attached hydrogen (secondary N) is 2. The molecule has 190 valence electrons. The van der Waals surface area contributed by atoms with Gasteiger partial charge in [0.05, 0.1) is 31.6 Å². The van der Waals surface area contributed by atoms with Crippen LogP contribution in [0.4, 0.5) is 30.5 Å². The summed E-state index contributed by atoms with van der Waals surface area (Å²) in [4.78, 5) is 19.4. The fourth-order valence-electron chi connectivity index (χ4n) is 3.83. The molecule has 0 radical (unpaired) electrons. The fourth-order valence-corrected chi connectivity index (χ4v) is 3.83. The van der Waals surface area contributed by atoms with Gasteiger partial charge in [0.1, 0.15) is 11.6 Å². The molecule has 1 amide bonds. The van der Waals surface area contributed by atoms with Crippen LogP contribution in [0.5, 0.6) is 0 Å². The number of pyridine rings is 1. The third-order valence-electron chi connectivity index (χ3n) is 5.61. The van der Waals surface area contributed by atoms with Crippen molar-refractivity contribution in [3.05, 3.63) is 59.4 Å². The third kappa shape index (κ3) is 5.89. The van der Waals surface area contributed by atoms with Crippen LogP contribution in [-0.2, 0) is 10.9 Å². The van der Waals surface area contributed by atoms with Gasteiger partial charge in [-0.25, -0.2) is 4.98 Å². The summed E-state index contributed by atoms with van der Waals surface area (Å²) in [6.45, 7) is 4.65. The first-order chi connectivity index (χ1) is 17.3. The molecule has 1 aliphatic rings. The van der Waals surface area contributed by atoms with Gasteiger partial charge in [0.25, 0.3) is 5.91 Å².